The molecular formula is C26H27N3O5. The Morgan fingerprint density at radius 1 is 0.882 bits per heavy atom. The lowest BCUT2D eigenvalue weighted by Crippen LogP contribution is -2.35. The van der Waals surface area contributed by atoms with Gasteiger partial charge in [-0.2, -0.15) is 0 Å². The van der Waals surface area contributed by atoms with Gasteiger partial charge >= 0.3 is 5.97 Å². The van der Waals surface area contributed by atoms with Crippen molar-refractivity contribution in [3.8, 4) is 5.75 Å². The summed E-state index contributed by atoms with van der Waals surface area (Å²) in [5, 5.41) is 16.5. The lowest BCUT2D eigenvalue weighted by molar-refractivity contribution is -0.143. The van der Waals surface area contributed by atoms with Crippen molar-refractivity contribution in [1.29, 1.82) is 0 Å². The molecule has 0 spiro atoms. The van der Waals surface area contributed by atoms with Gasteiger partial charge in [-0.1, -0.05) is 24.3 Å². The summed E-state index contributed by atoms with van der Waals surface area (Å²) in [6.07, 6.45) is 4.32. The molecule has 1 saturated carbocycles. The van der Waals surface area contributed by atoms with Gasteiger partial charge < -0.3 is 20.5 Å². The van der Waals surface area contributed by atoms with E-state index in [1.54, 1.807) is 36.5 Å². The number of pyridine rings is 1. The number of carboxylic acids is 1. The maximum absolute atomic E-state index is 12.4. The molecule has 0 unspecified atom stereocenters. The van der Waals surface area contributed by atoms with Gasteiger partial charge in [0.2, 0.25) is 0 Å². The van der Waals surface area contributed by atoms with Crippen LogP contribution in [-0.2, 0) is 4.79 Å². The number of hydrogen-bond donors (Lipinski definition) is 3. The third-order valence-electron chi connectivity index (χ3n) is 6.00. The normalized spacial score (nSPS) is 17.6. The number of nitrogens with one attached hydrogen (secondary N) is 2. The number of carbonyl (C=O) groups is 3. The zero-order valence-corrected chi connectivity index (χ0v) is 18.7. The maximum atomic E-state index is 12.4. The molecule has 0 bridgehead atoms. The highest BCUT2D eigenvalue weighted by molar-refractivity contribution is 5.96. The van der Waals surface area contributed by atoms with Crippen molar-refractivity contribution in [2.24, 2.45) is 5.92 Å². The number of nitrogens with zero attached hydrogens (tertiary/aromatic N) is 1. The lowest BCUT2D eigenvalue weighted by Gasteiger charge is -2.26. The van der Waals surface area contributed by atoms with E-state index in [4.69, 9.17) is 9.84 Å². The molecule has 1 heterocycles. The summed E-state index contributed by atoms with van der Waals surface area (Å²) in [6, 6.07) is 16.3. The van der Waals surface area contributed by atoms with Gasteiger partial charge in [0.25, 0.3) is 11.8 Å². The van der Waals surface area contributed by atoms with Gasteiger partial charge in [0, 0.05) is 30.2 Å². The molecule has 0 saturated heterocycles. The van der Waals surface area contributed by atoms with Gasteiger partial charge in [-0.05, 0) is 61.4 Å². The Balaban J connectivity index is 1.19. The van der Waals surface area contributed by atoms with Gasteiger partial charge in [0.15, 0.2) is 0 Å². The summed E-state index contributed by atoms with van der Waals surface area (Å²) in [7, 11) is 0. The number of fused-ring (bicyclic) bond motifs is 1. The molecule has 8 heteroatoms. The van der Waals surface area contributed by atoms with Crippen LogP contribution in [0.1, 0.15) is 46.5 Å². The van der Waals surface area contributed by atoms with Crippen LogP contribution in [0.3, 0.4) is 0 Å². The fourth-order valence-corrected chi connectivity index (χ4v) is 4.06. The summed E-state index contributed by atoms with van der Waals surface area (Å²) in [4.78, 5) is 39.9. The minimum Gasteiger partial charge on any atom is -0.490 e. The van der Waals surface area contributed by atoms with Crippen LogP contribution >= 0.6 is 0 Å². The van der Waals surface area contributed by atoms with Crippen molar-refractivity contribution >= 4 is 28.6 Å². The second kappa shape index (κ2) is 10.8. The number of hydrogen-bond acceptors (Lipinski definition) is 5. The summed E-state index contributed by atoms with van der Waals surface area (Å²) in [6.45, 7) is 0.558. The average molecular weight is 462 g/mol. The highest BCUT2D eigenvalue weighted by atomic mass is 16.5. The van der Waals surface area contributed by atoms with E-state index >= 15 is 0 Å². The molecule has 34 heavy (non-hydrogen) atoms. The summed E-state index contributed by atoms with van der Waals surface area (Å²) in [5.41, 5.74) is 0.821. The topological polar surface area (TPSA) is 118 Å². The van der Waals surface area contributed by atoms with E-state index in [9.17, 15) is 14.4 Å². The van der Waals surface area contributed by atoms with Gasteiger partial charge in [0.05, 0.1) is 12.0 Å². The van der Waals surface area contributed by atoms with Gasteiger partial charge in [-0.3, -0.25) is 19.4 Å². The Morgan fingerprint density at radius 2 is 1.53 bits per heavy atom. The Morgan fingerprint density at radius 3 is 2.21 bits per heavy atom. The number of carbonyl (C=O) groups excluding carboxylic acids is 2. The molecule has 2 amide bonds. The Labute approximate surface area is 197 Å². The van der Waals surface area contributed by atoms with Crippen molar-refractivity contribution in [2.75, 3.05) is 13.1 Å². The number of amides is 2. The monoisotopic (exact) mass is 461 g/mol. The Kier molecular flexibility index (Phi) is 7.37. The van der Waals surface area contributed by atoms with Gasteiger partial charge in [-0.15, -0.1) is 0 Å². The van der Waals surface area contributed by atoms with Crippen molar-refractivity contribution in [1.82, 2.24) is 15.6 Å². The van der Waals surface area contributed by atoms with E-state index in [-0.39, 0.29) is 36.9 Å². The number of carboxylic acid groups (broad SMARTS) is 1. The van der Waals surface area contributed by atoms with Crippen molar-refractivity contribution in [3.63, 3.8) is 0 Å². The Hall–Kier alpha value is -3.94. The van der Waals surface area contributed by atoms with E-state index in [0.717, 1.165) is 10.8 Å². The molecule has 3 N–H and O–H groups in total. The van der Waals surface area contributed by atoms with E-state index < -0.39 is 5.97 Å². The molecule has 4 rings (SSSR count). The fraction of sp³-hybridized carbons (Fsp3) is 0.308. The molecule has 0 aliphatic heterocycles. The van der Waals surface area contributed by atoms with Crippen molar-refractivity contribution in [2.45, 2.75) is 31.8 Å². The number of ether oxygens (including phenoxy) is 1. The highest BCUT2D eigenvalue weighted by Crippen LogP contribution is 2.28. The number of aromatic nitrogens is 1. The van der Waals surface area contributed by atoms with Crippen molar-refractivity contribution < 1.29 is 24.2 Å². The first kappa shape index (κ1) is 23.2. The lowest BCUT2D eigenvalue weighted by atomic mass is 9.87. The van der Waals surface area contributed by atoms with Crippen LogP contribution in [0.25, 0.3) is 10.8 Å². The average Bonchev–Trinajstić information content (AvgIpc) is 2.87. The third-order valence-corrected chi connectivity index (χ3v) is 6.00. The zero-order chi connectivity index (χ0) is 23.9. The number of rotatable bonds is 8. The van der Waals surface area contributed by atoms with Gasteiger partial charge in [-0.25, -0.2) is 0 Å². The zero-order valence-electron chi connectivity index (χ0n) is 18.7. The molecule has 1 aromatic heterocycles. The van der Waals surface area contributed by atoms with E-state index in [1.807, 2.05) is 24.3 Å². The standard InChI is InChI=1S/C26H27N3O5/c30-24(17-5-9-21(10-6-17)34-22-11-7-18(8-12-22)26(32)33)27-13-14-28-25(31)23-15-19-3-1-2-4-20(19)16-29-23/h1-6,9-10,15-16,18,22H,7-8,11-14H2,(H,27,30)(H,28,31)(H,32,33)/t18-,22+. The quantitative estimate of drug-likeness (QED) is 0.443. The molecule has 8 nitrogen and oxygen atoms in total. The third kappa shape index (κ3) is 5.89. The Bertz CT molecular complexity index is 1170. The number of aliphatic carboxylic acids is 1. The second-order valence-corrected chi connectivity index (χ2v) is 8.38. The molecule has 2 aromatic carbocycles. The smallest absolute Gasteiger partial charge is 0.306 e. The van der Waals surface area contributed by atoms with Crippen LogP contribution in [0.15, 0.2) is 60.8 Å². The van der Waals surface area contributed by atoms with Crippen LogP contribution in [0, 0.1) is 5.92 Å². The molecule has 1 aliphatic rings. The van der Waals surface area contributed by atoms with E-state index in [1.165, 1.54) is 0 Å². The minimum absolute atomic E-state index is 0.00372. The minimum atomic E-state index is -0.737. The number of benzene rings is 2. The molecule has 0 atom stereocenters. The fourth-order valence-electron chi connectivity index (χ4n) is 4.06. The van der Waals surface area contributed by atoms with Gasteiger partial charge in [0.1, 0.15) is 11.4 Å². The van der Waals surface area contributed by atoms with Crippen LogP contribution < -0.4 is 15.4 Å². The summed E-state index contributed by atoms with van der Waals surface area (Å²) < 4.78 is 5.93. The molecular weight excluding hydrogens is 434 g/mol. The first-order chi connectivity index (χ1) is 16.5. The predicted molar refractivity (Wildman–Crippen MR) is 127 cm³/mol. The second-order valence-electron chi connectivity index (χ2n) is 8.38. The van der Waals surface area contributed by atoms with Crippen LogP contribution in [0.2, 0.25) is 0 Å². The first-order valence-electron chi connectivity index (χ1n) is 11.4. The molecule has 1 fully saturated rings. The largest absolute Gasteiger partial charge is 0.490 e. The van der Waals surface area contributed by atoms with Crippen LogP contribution in [0.5, 0.6) is 5.75 Å². The predicted octanol–water partition coefficient (Wildman–Crippen LogP) is 3.42. The van der Waals surface area contributed by atoms with Crippen molar-refractivity contribution in [3.05, 3.63) is 72.1 Å². The molecule has 176 valence electrons. The maximum Gasteiger partial charge on any atom is 0.306 e. The van der Waals surface area contributed by atoms with Crippen LogP contribution in [0.4, 0.5) is 0 Å². The molecule has 3 aromatic rings. The van der Waals surface area contributed by atoms with Crippen LogP contribution in [-0.4, -0.2) is 47.1 Å². The molecule has 1 aliphatic carbocycles. The first-order valence-corrected chi connectivity index (χ1v) is 11.4. The molecule has 0 radical (unpaired) electrons. The van der Waals surface area contributed by atoms with E-state index in [0.29, 0.717) is 42.7 Å². The highest BCUT2D eigenvalue weighted by Gasteiger charge is 2.26. The van der Waals surface area contributed by atoms with E-state index in [2.05, 4.69) is 15.6 Å². The summed E-state index contributed by atoms with van der Waals surface area (Å²) in [5.74, 6) is -0.894. The SMILES string of the molecule is O=C(NCCNC(=O)c1cc2ccccc2cn1)c1ccc(O[C@H]2CC[C@@H](C(=O)O)CC2)cc1. The summed E-state index contributed by atoms with van der Waals surface area (Å²) >= 11 is 0.